The highest BCUT2D eigenvalue weighted by molar-refractivity contribution is 5.83. The predicted molar refractivity (Wildman–Crippen MR) is 104 cm³/mol. The molecule has 0 spiro atoms. The lowest BCUT2D eigenvalue weighted by Crippen LogP contribution is -1.95. The van der Waals surface area contributed by atoms with E-state index in [0.29, 0.717) is 5.82 Å². The zero-order chi connectivity index (χ0) is 17.9. The minimum Gasteiger partial charge on any atom is -0.382 e. The Hall–Kier alpha value is -3.84. The lowest BCUT2D eigenvalue weighted by Gasteiger charge is -2.09. The van der Waals surface area contributed by atoms with Gasteiger partial charge in [0.1, 0.15) is 5.65 Å². The van der Waals surface area contributed by atoms with Crippen LogP contribution in [0.1, 0.15) is 11.1 Å². The number of anilines is 1. The number of benzene rings is 2. The third-order valence-electron chi connectivity index (χ3n) is 4.30. The van der Waals surface area contributed by atoms with Crippen LogP contribution in [-0.4, -0.2) is 9.38 Å². The van der Waals surface area contributed by atoms with Crippen molar-refractivity contribution in [2.75, 3.05) is 5.73 Å². The molecule has 0 aliphatic rings. The normalized spacial score (nSPS) is 11.4. The van der Waals surface area contributed by atoms with E-state index in [2.05, 4.69) is 11.1 Å². The summed E-state index contributed by atoms with van der Waals surface area (Å²) in [4.78, 5) is 4.46. The maximum Gasteiger partial charge on any atom is 0.150 e. The zero-order valence-electron chi connectivity index (χ0n) is 14.0. The first kappa shape index (κ1) is 15.7. The maximum atomic E-state index is 9.24. The summed E-state index contributed by atoms with van der Waals surface area (Å²) < 4.78 is 1.98. The Morgan fingerprint density at radius 2 is 1.62 bits per heavy atom. The molecule has 0 fully saturated rings. The quantitative estimate of drug-likeness (QED) is 0.559. The van der Waals surface area contributed by atoms with E-state index >= 15 is 0 Å². The summed E-state index contributed by atoms with van der Waals surface area (Å²) >= 11 is 0. The van der Waals surface area contributed by atoms with Gasteiger partial charge in [0.05, 0.1) is 11.8 Å². The molecule has 124 valence electrons. The van der Waals surface area contributed by atoms with Crippen LogP contribution in [0.15, 0.2) is 85.1 Å². The number of fused-ring (bicyclic) bond motifs is 1. The van der Waals surface area contributed by atoms with Gasteiger partial charge in [-0.05, 0) is 23.3 Å². The van der Waals surface area contributed by atoms with E-state index in [-0.39, 0.29) is 0 Å². The number of nitrogen functional groups attached to an aromatic ring is 1. The highest BCUT2D eigenvalue weighted by Crippen LogP contribution is 2.30. The largest absolute Gasteiger partial charge is 0.382 e. The van der Waals surface area contributed by atoms with Gasteiger partial charge in [0.15, 0.2) is 5.82 Å². The van der Waals surface area contributed by atoms with Crippen LogP contribution in [0.25, 0.3) is 22.5 Å². The molecule has 2 heterocycles. The third-order valence-corrected chi connectivity index (χ3v) is 4.30. The molecule has 26 heavy (non-hydrogen) atoms. The summed E-state index contributed by atoms with van der Waals surface area (Å²) in [7, 11) is 0. The second kappa shape index (κ2) is 6.58. The average Bonchev–Trinajstić information content (AvgIpc) is 3.02. The van der Waals surface area contributed by atoms with Crippen molar-refractivity contribution in [1.82, 2.24) is 9.38 Å². The molecule has 0 saturated heterocycles. The van der Waals surface area contributed by atoms with Gasteiger partial charge in [-0.15, -0.1) is 0 Å². The van der Waals surface area contributed by atoms with Crippen LogP contribution in [0.3, 0.4) is 0 Å². The number of rotatable bonds is 3. The molecule has 2 aromatic carbocycles. The predicted octanol–water partition coefficient (Wildman–Crippen LogP) is 4.54. The molecule has 0 atom stereocenters. The van der Waals surface area contributed by atoms with Gasteiger partial charge in [0, 0.05) is 23.4 Å². The Labute approximate surface area is 151 Å². The summed E-state index contributed by atoms with van der Waals surface area (Å²) in [5.41, 5.74) is 11.6. The Kier molecular flexibility index (Phi) is 3.97. The number of allylic oxidation sites excluding steroid dienone is 1. The van der Waals surface area contributed by atoms with Crippen molar-refractivity contribution >= 4 is 17.0 Å². The van der Waals surface area contributed by atoms with Gasteiger partial charge in [0.25, 0.3) is 0 Å². The highest BCUT2D eigenvalue weighted by Gasteiger charge is 2.13. The van der Waals surface area contributed by atoms with Gasteiger partial charge in [-0.3, -0.25) is 4.40 Å². The van der Waals surface area contributed by atoms with Gasteiger partial charge in [-0.1, -0.05) is 60.7 Å². The number of hydrogen-bond donors (Lipinski definition) is 1. The van der Waals surface area contributed by atoms with Gasteiger partial charge in [-0.2, -0.15) is 5.26 Å². The SMILES string of the molecule is N#CC=C(c1ccccc1)c1ccc2nc(N)c(-c3ccccc3)n2c1. The minimum atomic E-state index is 0.485. The molecule has 0 bridgehead atoms. The summed E-state index contributed by atoms with van der Waals surface area (Å²) in [5.74, 6) is 0.485. The second-order valence-corrected chi connectivity index (χ2v) is 5.91. The van der Waals surface area contributed by atoms with E-state index < -0.39 is 0 Å². The standard InChI is InChI=1S/C22H16N4/c23-14-13-19(16-7-3-1-4-8-16)18-11-12-20-25-22(24)21(26(20)15-18)17-9-5-2-6-10-17/h1-13,15H,24H2. The summed E-state index contributed by atoms with van der Waals surface area (Å²) in [6.45, 7) is 0. The molecule has 0 saturated carbocycles. The lowest BCUT2D eigenvalue weighted by molar-refractivity contribution is 1.18. The van der Waals surface area contributed by atoms with E-state index in [1.165, 1.54) is 0 Å². The van der Waals surface area contributed by atoms with E-state index in [0.717, 1.165) is 33.6 Å². The number of nitriles is 1. The molecule has 0 radical (unpaired) electrons. The first-order valence-corrected chi connectivity index (χ1v) is 8.26. The van der Waals surface area contributed by atoms with Gasteiger partial charge in [-0.25, -0.2) is 4.98 Å². The molecule has 2 N–H and O–H groups in total. The smallest absolute Gasteiger partial charge is 0.150 e. The van der Waals surface area contributed by atoms with E-state index in [1.54, 1.807) is 6.08 Å². The van der Waals surface area contributed by atoms with Crippen LogP contribution in [0.2, 0.25) is 0 Å². The number of imidazole rings is 1. The molecule has 4 aromatic rings. The zero-order valence-corrected chi connectivity index (χ0v) is 14.0. The fourth-order valence-electron chi connectivity index (χ4n) is 3.12. The van der Waals surface area contributed by atoms with E-state index in [1.807, 2.05) is 83.4 Å². The van der Waals surface area contributed by atoms with E-state index in [9.17, 15) is 5.26 Å². The molecular formula is C22H16N4. The molecule has 4 nitrogen and oxygen atoms in total. The van der Waals surface area contributed by atoms with Crippen LogP contribution >= 0.6 is 0 Å². The fourth-order valence-corrected chi connectivity index (χ4v) is 3.12. The highest BCUT2D eigenvalue weighted by atomic mass is 15.1. The van der Waals surface area contributed by atoms with Gasteiger partial charge >= 0.3 is 0 Å². The Morgan fingerprint density at radius 1 is 0.923 bits per heavy atom. The summed E-state index contributed by atoms with van der Waals surface area (Å²) in [6, 6.07) is 25.9. The van der Waals surface area contributed by atoms with Crippen LogP contribution in [0, 0.1) is 11.3 Å². The number of aromatic nitrogens is 2. The van der Waals surface area contributed by atoms with Crippen LogP contribution in [0.4, 0.5) is 5.82 Å². The van der Waals surface area contributed by atoms with Crippen molar-refractivity contribution in [3.63, 3.8) is 0 Å². The number of nitrogens with zero attached hydrogens (tertiary/aromatic N) is 3. The molecule has 0 aliphatic carbocycles. The molecular weight excluding hydrogens is 320 g/mol. The Morgan fingerprint density at radius 3 is 2.31 bits per heavy atom. The third kappa shape index (κ3) is 2.72. The van der Waals surface area contributed by atoms with Gasteiger partial charge < -0.3 is 5.73 Å². The topological polar surface area (TPSA) is 67.1 Å². The summed E-state index contributed by atoms with van der Waals surface area (Å²) in [5, 5.41) is 9.24. The Bertz CT molecular complexity index is 1130. The van der Waals surface area contributed by atoms with Crippen molar-refractivity contribution in [1.29, 1.82) is 5.26 Å². The first-order valence-electron chi connectivity index (χ1n) is 8.26. The monoisotopic (exact) mass is 336 g/mol. The summed E-state index contributed by atoms with van der Waals surface area (Å²) in [6.07, 6.45) is 3.55. The van der Waals surface area contributed by atoms with Crippen LogP contribution in [0.5, 0.6) is 0 Å². The maximum absolute atomic E-state index is 9.24. The van der Waals surface area contributed by atoms with Gasteiger partial charge in [0.2, 0.25) is 0 Å². The first-order chi connectivity index (χ1) is 12.8. The lowest BCUT2D eigenvalue weighted by atomic mass is 9.99. The number of pyridine rings is 1. The van der Waals surface area contributed by atoms with Crippen molar-refractivity contribution in [3.05, 3.63) is 96.2 Å². The van der Waals surface area contributed by atoms with Crippen molar-refractivity contribution in [3.8, 4) is 17.3 Å². The molecule has 0 aliphatic heterocycles. The van der Waals surface area contributed by atoms with Crippen molar-refractivity contribution in [2.45, 2.75) is 0 Å². The fraction of sp³-hybridized carbons (Fsp3) is 0. The molecule has 4 rings (SSSR count). The van der Waals surface area contributed by atoms with Crippen LogP contribution < -0.4 is 5.73 Å². The molecule has 0 amide bonds. The molecule has 2 aromatic heterocycles. The van der Waals surface area contributed by atoms with Crippen molar-refractivity contribution < 1.29 is 0 Å². The van der Waals surface area contributed by atoms with Crippen LogP contribution in [-0.2, 0) is 0 Å². The second-order valence-electron chi connectivity index (χ2n) is 5.91. The van der Waals surface area contributed by atoms with E-state index in [4.69, 9.17) is 5.73 Å². The molecule has 4 heteroatoms. The average molecular weight is 336 g/mol. The van der Waals surface area contributed by atoms with Crippen molar-refractivity contribution in [2.24, 2.45) is 0 Å². The number of hydrogen-bond acceptors (Lipinski definition) is 3. The Balaban J connectivity index is 1.93. The molecule has 0 unspecified atom stereocenters. The number of nitrogens with two attached hydrogens (primary N) is 1. The minimum absolute atomic E-state index is 0.485.